The van der Waals surface area contributed by atoms with E-state index < -0.39 is 49.5 Å². The second kappa shape index (κ2) is 13.1. The Morgan fingerprint density at radius 2 is 1.49 bits per heavy atom. The van der Waals surface area contributed by atoms with Gasteiger partial charge in [-0.2, -0.15) is 0 Å². The molecule has 0 radical (unpaired) electrons. The van der Waals surface area contributed by atoms with E-state index in [4.69, 9.17) is 32.8 Å². The number of carbonyl (C=O) groups is 1. The van der Waals surface area contributed by atoms with Crippen LogP contribution in [0.5, 0.6) is 11.5 Å². The lowest BCUT2D eigenvalue weighted by Gasteiger charge is -2.55. The van der Waals surface area contributed by atoms with Crippen molar-refractivity contribution in [2.45, 2.75) is 93.4 Å². The van der Waals surface area contributed by atoms with Crippen LogP contribution in [0.4, 0.5) is 0 Å². The summed E-state index contributed by atoms with van der Waals surface area (Å²) in [5.41, 5.74) is 1.56. The van der Waals surface area contributed by atoms with Crippen LogP contribution in [-0.2, 0) is 28.2 Å². The van der Waals surface area contributed by atoms with E-state index in [9.17, 15) is 4.79 Å². The Labute approximate surface area is 253 Å². The molecule has 2 aliphatic rings. The summed E-state index contributed by atoms with van der Waals surface area (Å²) in [5.74, 6) is 0.733. The molecule has 0 aromatic heterocycles. The summed E-state index contributed by atoms with van der Waals surface area (Å²) in [6.07, 6.45) is -3.97. The zero-order chi connectivity index (χ0) is 29.9. The van der Waals surface area contributed by atoms with Crippen molar-refractivity contribution in [1.82, 2.24) is 0 Å². The molecule has 6 atom stereocenters. The molecule has 0 amide bonds. The third kappa shape index (κ3) is 6.10. The molecule has 226 valence electrons. The normalized spacial score (nSPS) is 28.4. The largest absolute Gasteiger partial charge is 0.497 e. The van der Waals surface area contributed by atoms with Gasteiger partial charge in [0.1, 0.15) is 29.8 Å². The first-order chi connectivity index (χ1) is 19.5. The molecule has 0 saturated carbocycles. The number of methoxy groups -OCH3 is 2. The topological polar surface area (TPSA) is 81.7 Å². The van der Waals surface area contributed by atoms with Gasteiger partial charge in [-0.25, -0.2) is 0 Å². The number of hydrogen-bond acceptors (Lipinski definition) is 8. The Morgan fingerprint density at radius 3 is 2.02 bits per heavy atom. The number of halogens is 1. The zero-order valence-corrected chi connectivity index (χ0v) is 27.8. The highest BCUT2D eigenvalue weighted by Gasteiger charge is 2.67. The standard InChI is InChI=1S/C31H43BrO8Si/c1-19(2)41(20(3)4,21(5)6)40-27-29(37-24-16-14-23(34-7)15-17-24)38-25-18-36-28(22-12-10-9-11-13-22)39-26(25)31(27,32)30(33)35-8/h9-17,19-21,25-29H,18H2,1-8H3/t25-,26+,27+,28?,29-,31-/m1/s1. The summed E-state index contributed by atoms with van der Waals surface area (Å²) in [7, 11) is 0.406. The number of esters is 1. The van der Waals surface area contributed by atoms with E-state index in [0.29, 0.717) is 11.5 Å². The lowest BCUT2D eigenvalue weighted by Crippen LogP contribution is -2.73. The molecule has 2 aliphatic heterocycles. The predicted molar refractivity (Wildman–Crippen MR) is 162 cm³/mol. The molecule has 2 aromatic carbocycles. The quantitative estimate of drug-likeness (QED) is 0.158. The van der Waals surface area contributed by atoms with Crippen molar-refractivity contribution in [3.8, 4) is 11.5 Å². The molecule has 2 heterocycles. The maximum Gasteiger partial charge on any atom is 0.328 e. The average molecular weight is 652 g/mol. The number of alkyl halides is 1. The fraction of sp³-hybridized carbons (Fsp3) is 0.581. The van der Waals surface area contributed by atoms with E-state index in [2.05, 4.69) is 57.5 Å². The Morgan fingerprint density at radius 1 is 0.902 bits per heavy atom. The highest BCUT2D eigenvalue weighted by molar-refractivity contribution is 9.10. The van der Waals surface area contributed by atoms with Gasteiger partial charge in [0.2, 0.25) is 14.6 Å². The van der Waals surface area contributed by atoms with Gasteiger partial charge in [0.25, 0.3) is 0 Å². The van der Waals surface area contributed by atoms with Gasteiger partial charge < -0.3 is 32.8 Å². The van der Waals surface area contributed by atoms with Gasteiger partial charge in [-0.3, -0.25) is 4.79 Å². The summed E-state index contributed by atoms with van der Waals surface area (Å²) in [6.45, 7) is 13.4. The van der Waals surface area contributed by atoms with Gasteiger partial charge >= 0.3 is 5.97 Å². The lowest BCUT2D eigenvalue weighted by atomic mass is 9.87. The molecule has 0 bridgehead atoms. The van der Waals surface area contributed by atoms with Crippen LogP contribution in [0.25, 0.3) is 0 Å². The van der Waals surface area contributed by atoms with Crippen LogP contribution >= 0.6 is 15.9 Å². The van der Waals surface area contributed by atoms with Gasteiger partial charge in [0.05, 0.1) is 20.8 Å². The Bertz CT molecular complexity index is 1120. The molecule has 8 nitrogen and oxygen atoms in total. The lowest BCUT2D eigenvalue weighted by molar-refractivity contribution is -0.330. The van der Waals surface area contributed by atoms with Crippen LogP contribution in [0.3, 0.4) is 0 Å². The van der Waals surface area contributed by atoms with Crippen molar-refractivity contribution < 1.29 is 37.6 Å². The van der Waals surface area contributed by atoms with Crippen molar-refractivity contribution in [1.29, 1.82) is 0 Å². The minimum Gasteiger partial charge on any atom is -0.497 e. The van der Waals surface area contributed by atoms with Crippen LogP contribution in [-0.4, -0.2) is 64.0 Å². The molecule has 41 heavy (non-hydrogen) atoms. The molecule has 2 aromatic rings. The van der Waals surface area contributed by atoms with Gasteiger partial charge in [-0.1, -0.05) is 87.8 Å². The van der Waals surface area contributed by atoms with Gasteiger partial charge in [-0.05, 0) is 40.9 Å². The number of benzene rings is 2. The summed E-state index contributed by atoms with van der Waals surface area (Å²) in [4.78, 5) is 13.9. The fourth-order valence-corrected chi connectivity index (χ4v) is 13.0. The smallest absolute Gasteiger partial charge is 0.328 e. The van der Waals surface area contributed by atoms with Crippen LogP contribution < -0.4 is 9.47 Å². The predicted octanol–water partition coefficient (Wildman–Crippen LogP) is 6.78. The third-order valence-corrected chi connectivity index (χ3v) is 15.6. The first kappa shape index (κ1) is 32.0. The van der Waals surface area contributed by atoms with Crippen LogP contribution in [0.15, 0.2) is 54.6 Å². The second-order valence-electron chi connectivity index (χ2n) is 11.6. The Balaban J connectivity index is 1.81. The summed E-state index contributed by atoms with van der Waals surface area (Å²) >= 11 is 3.87. The number of fused-ring (bicyclic) bond motifs is 1. The molecule has 0 spiro atoms. The zero-order valence-electron chi connectivity index (χ0n) is 25.2. The number of hydrogen-bond donors (Lipinski definition) is 0. The minimum atomic E-state index is -2.58. The summed E-state index contributed by atoms with van der Waals surface area (Å²) < 4.78 is 42.3. The van der Waals surface area contributed by atoms with Gasteiger partial charge in [-0.15, -0.1) is 0 Å². The van der Waals surface area contributed by atoms with Gasteiger partial charge in [0.15, 0.2) is 10.6 Å². The molecule has 2 saturated heterocycles. The Kier molecular flexibility index (Phi) is 10.2. The SMILES string of the molecule is COC(=O)[C@]1(Br)[C@@H](O[Si](C(C)C)(C(C)C)C(C)C)[C@H](Oc2ccc(OC)cc2)O[C@@H]2COC(c3ccccc3)O[C@@H]21. The molecular formula is C31H43BrO8Si. The van der Waals surface area contributed by atoms with Crippen LogP contribution in [0.1, 0.15) is 53.4 Å². The highest BCUT2D eigenvalue weighted by atomic mass is 79.9. The Hall–Kier alpha value is -1.95. The fourth-order valence-electron chi connectivity index (χ4n) is 6.43. The van der Waals surface area contributed by atoms with Crippen molar-refractivity contribution in [3.63, 3.8) is 0 Å². The van der Waals surface area contributed by atoms with Crippen molar-refractivity contribution in [2.75, 3.05) is 20.8 Å². The van der Waals surface area contributed by atoms with E-state index >= 15 is 0 Å². The van der Waals surface area contributed by atoms with Gasteiger partial charge in [0, 0.05) is 5.56 Å². The summed E-state index contributed by atoms with van der Waals surface area (Å²) in [6, 6.07) is 16.9. The highest BCUT2D eigenvalue weighted by Crippen LogP contribution is 2.51. The van der Waals surface area contributed by atoms with E-state index in [0.717, 1.165) is 5.56 Å². The van der Waals surface area contributed by atoms with Crippen molar-refractivity contribution in [2.24, 2.45) is 0 Å². The van der Waals surface area contributed by atoms with E-state index in [1.165, 1.54) is 7.11 Å². The van der Waals surface area contributed by atoms with Crippen molar-refractivity contribution >= 4 is 30.2 Å². The number of carbonyl (C=O) groups excluding carboxylic acids is 1. The van der Waals surface area contributed by atoms with Crippen LogP contribution in [0, 0.1) is 0 Å². The number of rotatable bonds is 10. The molecule has 0 aliphatic carbocycles. The molecule has 0 N–H and O–H groups in total. The molecule has 10 heteroatoms. The second-order valence-corrected chi connectivity index (χ2v) is 18.3. The monoisotopic (exact) mass is 650 g/mol. The molecule has 1 unspecified atom stereocenters. The third-order valence-electron chi connectivity index (χ3n) is 8.32. The van der Waals surface area contributed by atoms with E-state index in [-0.39, 0.29) is 23.2 Å². The summed E-state index contributed by atoms with van der Waals surface area (Å²) in [5, 5.41) is 0. The average Bonchev–Trinajstić information content (AvgIpc) is 2.96. The minimum absolute atomic E-state index is 0.185. The van der Waals surface area contributed by atoms with E-state index in [1.807, 2.05) is 42.5 Å². The molecule has 2 fully saturated rings. The number of ether oxygens (including phenoxy) is 6. The maximum atomic E-state index is 13.9. The first-order valence-corrected chi connectivity index (χ1v) is 17.2. The maximum absolute atomic E-state index is 13.9. The first-order valence-electron chi connectivity index (χ1n) is 14.2. The van der Waals surface area contributed by atoms with E-state index in [1.54, 1.807) is 19.2 Å². The molecule has 4 rings (SSSR count). The molecular weight excluding hydrogens is 608 g/mol. The van der Waals surface area contributed by atoms with Crippen molar-refractivity contribution in [3.05, 3.63) is 60.2 Å². The van der Waals surface area contributed by atoms with Crippen LogP contribution in [0.2, 0.25) is 16.6 Å².